The summed E-state index contributed by atoms with van der Waals surface area (Å²) in [7, 11) is 0. The van der Waals surface area contributed by atoms with E-state index in [1.165, 1.54) is 0 Å². The molecular weight excluding hydrogens is 464 g/mol. The standard InChI is InChI=1S/C30H34N4O3/c35-28(17-16-23-10-4-3-5-11-23)32-27-15-9-13-25(21-27)31-22-29(36)33-26-14-8-12-24(20-26)30(37)34-18-6-1-2-7-19-34/h3-5,8-15,20-21,31H,1-2,6-7,16-19,22H2,(H,32,35)(H,33,36). The SMILES string of the molecule is O=C(CCc1ccccc1)Nc1cccc(NCC(=O)Nc2cccc(C(=O)N3CCCCCC3)c2)c1. The first kappa shape index (κ1) is 25.9. The smallest absolute Gasteiger partial charge is 0.253 e. The Kier molecular flexibility index (Phi) is 9.29. The van der Waals surface area contributed by atoms with Crippen molar-refractivity contribution in [3.63, 3.8) is 0 Å². The number of nitrogens with zero attached hydrogens (tertiary/aromatic N) is 1. The lowest BCUT2D eigenvalue weighted by Gasteiger charge is -2.20. The number of amides is 3. The van der Waals surface area contributed by atoms with Crippen LogP contribution in [0.1, 0.15) is 48.0 Å². The van der Waals surface area contributed by atoms with E-state index in [4.69, 9.17) is 0 Å². The van der Waals surface area contributed by atoms with Crippen LogP contribution < -0.4 is 16.0 Å². The molecule has 4 rings (SSSR count). The number of likely N-dealkylation sites (tertiary alicyclic amines) is 1. The second-order valence-corrected chi connectivity index (χ2v) is 9.30. The molecule has 7 nitrogen and oxygen atoms in total. The quantitative estimate of drug-likeness (QED) is 0.372. The van der Waals surface area contributed by atoms with Crippen molar-refractivity contribution in [2.24, 2.45) is 0 Å². The molecule has 37 heavy (non-hydrogen) atoms. The number of rotatable bonds is 9. The highest BCUT2D eigenvalue weighted by Gasteiger charge is 2.17. The lowest BCUT2D eigenvalue weighted by Crippen LogP contribution is -2.31. The van der Waals surface area contributed by atoms with Crippen LogP contribution in [0.5, 0.6) is 0 Å². The van der Waals surface area contributed by atoms with Gasteiger partial charge in [0, 0.05) is 42.1 Å². The number of benzene rings is 3. The summed E-state index contributed by atoms with van der Waals surface area (Å²) in [6, 6.07) is 24.3. The van der Waals surface area contributed by atoms with Crippen molar-refractivity contribution in [2.45, 2.75) is 38.5 Å². The molecule has 1 fully saturated rings. The number of hydrogen-bond acceptors (Lipinski definition) is 4. The van der Waals surface area contributed by atoms with Crippen LogP contribution in [0, 0.1) is 0 Å². The minimum absolute atomic E-state index is 0.0127. The third-order valence-electron chi connectivity index (χ3n) is 6.37. The average Bonchev–Trinajstić information content (AvgIpc) is 3.21. The topological polar surface area (TPSA) is 90.5 Å². The molecule has 0 aliphatic carbocycles. The molecule has 1 aliphatic heterocycles. The van der Waals surface area contributed by atoms with E-state index >= 15 is 0 Å². The number of aryl methyl sites for hydroxylation is 1. The molecule has 0 unspecified atom stereocenters. The molecule has 1 saturated heterocycles. The molecule has 7 heteroatoms. The molecular formula is C30H34N4O3. The van der Waals surface area contributed by atoms with Gasteiger partial charge in [-0.1, -0.05) is 55.3 Å². The van der Waals surface area contributed by atoms with E-state index < -0.39 is 0 Å². The molecule has 0 bridgehead atoms. The summed E-state index contributed by atoms with van der Waals surface area (Å²) < 4.78 is 0. The second-order valence-electron chi connectivity index (χ2n) is 9.30. The second kappa shape index (κ2) is 13.3. The van der Waals surface area contributed by atoms with Gasteiger partial charge in [0.2, 0.25) is 11.8 Å². The van der Waals surface area contributed by atoms with Crippen LogP contribution in [-0.4, -0.2) is 42.3 Å². The van der Waals surface area contributed by atoms with Crippen molar-refractivity contribution < 1.29 is 14.4 Å². The monoisotopic (exact) mass is 498 g/mol. The summed E-state index contributed by atoms with van der Waals surface area (Å²) in [6.45, 7) is 1.62. The van der Waals surface area contributed by atoms with Crippen molar-refractivity contribution in [1.82, 2.24) is 4.90 Å². The van der Waals surface area contributed by atoms with Crippen molar-refractivity contribution in [3.8, 4) is 0 Å². The van der Waals surface area contributed by atoms with Crippen molar-refractivity contribution >= 4 is 34.8 Å². The summed E-state index contributed by atoms with van der Waals surface area (Å²) in [5.41, 5.74) is 3.69. The number of anilines is 3. The van der Waals surface area contributed by atoms with Gasteiger partial charge in [0.1, 0.15) is 0 Å². The summed E-state index contributed by atoms with van der Waals surface area (Å²) in [6.07, 6.45) is 5.46. The third kappa shape index (κ3) is 8.20. The van der Waals surface area contributed by atoms with E-state index in [0.29, 0.717) is 29.8 Å². The third-order valence-corrected chi connectivity index (χ3v) is 6.37. The Morgan fingerprint density at radius 3 is 2.08 bits per heavy atom. The summed E-state index contributed by atoms with van der Waals surface area (Å²) in [5, 5.41) is 8.87. The van der Waals surface area contributed by atoms with Gasteiger partial charge in [-0.3, -0.25) is 14.4 Å². The highest BCUT2D eigenvalue weighted by molar-refractivity contribution is 5.98. The molecule has 0 radical (unpaired) electrons. The van der Waals surface area contributed by atoms with E-state index in [1.54, 1.807) is 30.3 Å². The molecule has 3 aromatic carbocycles. The van der Waals surface area contributed by atoms with E-state index in [9.17, 15) is 14.4 Å². The average molecular weight is 499 g/mol. The fourth-order valence-electron chi connectivity index (χ4n) is 4.41. The summed E-state index contributed by atoms with van der Waals surface area (Å²) in [5.74, 6) is -0.274. The maximum absolute atomic E-state index is 12.9. The van der Waals surface area contributed by atoms with Crippen molar-refractivity contribution in [3.05, 3.63) is 90.0 Å². The highest BCUT2D eigenvalue weighted by Crippen LogP contribution is 2.18. The van der Waals surface area contributed by atoms with Crippen molar-refractivity contribution in [1.29, 1.82) is 0 Å². The molecule has 3 aromatic rings. The van der Waals surface area contributed by atoms with Crippen LogP contribution in [0.15, 0.2) is 78.9 Å². The molecule has 0 aromatic heterocycles. The van der Waals surface area contributed by atoms with Gasteiger partial charge >= 0.3 is 0 Å². The van der Waals surface area contributed by atoms with Crippen LogP contribution >= 0.6 is 0 Å². The number of nitrogens with one attached hydrogen (secondary N) is 3. The molecule has 3 amide bonds. The maximum Gasteiger partial charge on any atom is 0.253 e. The van der Waals surface area contributed by atoms with Crippen LogP contribution in [0.4, 0.5) is 17.1 Å². The van der Waals surface area contributed by atoms with E-state index in [1.807, 2.05) is 53.4 Å². The zero-order valence-electron chi connectivity index (χ0n) is 21.0. The largest absolute Gasteiger partial charge is 0.376 e. The van der Waals surface area contributed by atoms with Crippen LogP contribution in [0.3, 0.4) is 0 Å². The minimum Gasteiger partial charge on any atom is -0.376 e. The first-order valence-electron chi connectivity index (χ1n) is 12.9. The minimum atomic E-state index is -0.225. The molecule has 0 saturated carbocycles. The summed E-state index contributed by atoms with van der Waals surface area (Å²) >= 11 is 0. The lowest BCUT2D eigenvalue weighted by atomic mass is 10.1. The van der Waals surface area contributed by atoms with Gasteiger partial charge in [-0.15, -0.1) is 0 Å². The van der Waals surface area contributed by atoms with Gasteiger partial charge in [-0.2, -0.15) is 0 Å². The first-order chi connectivity index (χ1) is 18.1. The Hall–Kier alpha value is -4.13. The van der Waals surface area contributed by atoms with E-state index in [-0.39, 0.29) is 24.3 Å². The van der Waals surface area contributed by atoms with E-state index in [2.05, 4.69) is 16.0 Å². The van der Waals surface area contributed by atoms with Gasteiger partial charge in [0.05, 0.1) is 6.54 Å². The molecule has 1 aliphatic rings. The Labute approximate surface area is 218 Å². The van der Waals surface area contributed by atoms with Crippen LogP contribution in [0.2, 0.25) is 0 Å². The normalized spacial score (nSPS) is 13.4. The Morgan fingerprint density at radius 2 is 1.32 bits per heavy atom. The number of carbonyl (C=O) groups excluding carboxylic acids is 3. The first-order valence-corrected chi connectivity index (χ1v) is 12.9. The highest BCUT2D eigenvalue weighted by atomic mass is 16.2. The van der Waals surface area contributed by atoms with Crippen LogP contribution in [-0.2, 0) is 16.0 Å². The van der Waals surface area contributed by atoms with E-state index in [0.717, 1.165) is 50.0 Å². The van der Waals surface area contributed by atoms with Gasteiger partial charge in [0.15, 0.2) is 0 Å². The predicted octanol–water partition coefficient (Wildman–Crippen LogP) is 5.32. The molecule has 1 heterocycles. The lowest BCUT2D eigenvalue weighted by molar-refractivity contribution is -0.116. The fraction of sp³-hybridized carbons (Fsp3) is 0.300. The number of hydrogen-bond donors (Lipinski definition) is 3. The predicted molar refractivity (Wildman–Crippen MR) is 148 cm³/mol. The van der Waals surface area contributed by atoms with Gasteiger partial charge in [-0.25, -0.2) is 0 Å². The Bertz CT molecular complexity index is 1200. The molecule has 3 N–H and O–H groups in total. The maximum atomic E-state index is 12.9. The molecule has 0 spiro atoms. The molecule has 192 valence electrons. The van der Waals surface area contributed by atoms with Gasteiger partial charge < -0.3 is 20.9 Å². The fourth-order valence-corrected chi connectivity index (χ4v) is 4.41. The Balaban J connectivity index is 1.25. The summed E-state index contributed by atoms with van der Waals surface area (Å²) in [4.78, 5) is 39.7. The molecule has 0 atom stereocenters. The van der Waals surface area contributed by atoms with Crippen molar-refractivity contribution in [2.75, 3.05) is 35.6 Å². The Morgan fingerprint density at radius 1 is 0.676 bits per heavy atom. The zero-order valence-corrected chi connectivity index (χ0v) is 21.0. The van der Waals surface area contributed by atoms with Gasteiger partial charge in [-0.05, 0) is 61.2 Å². The number of carbonyl (C=O) groups is 3. The zero-order chi connectivity index (χ0) is 25.9. The van der Waals surface area contributed by atoms with Gasteiger partial charge in [0.25, 0.3) is 5.91 Å². The van der Waals surface area contributed by atoms with Crippen LogP contribution in [0.25, 0.3) is 0 Å².